The largest absolute Gasteiger partial charge is 0.481 e. The van der Waals surface area contributed by atoms with E-state index in [2.05, 4.69) is 15.5 Å². The summed E-state index contributed by atoms with van der Waals surface area (Å²) in [6, 6.07) is 5.20. The maximum absolute atomic E-state index is 12.2. The second-order valence-electron chi connectivity index (χ2n) is 5.15. The number of nitrogens with zero attached hydrogens (tertiary/aromatic N) is 1. The fraction of sp³-hybridized carbons (Fsp3) is 0.400. The van der Waals surface area contributed by atoms with Crippen molar-refractivity contribution in [1.82, 2.24) is 15.5 Å². The molecule has 6 nitrogen and oxygen atoms in total. The molecule has 1 heterocycles. The molecule has 3 N–H and O–H groups in total. The Bertz CT molecular complexity index is 659. The van der Waals surface area contributed by atoms with Crippen LogP contribution in [0.3, 0.4) is 0 Å². The normalized spacial score (nSPS) is 11.5. The molecule has 0 aliphatic carbocycles. The van der Waals surface area contributed by atoms with Crippen LogP contribution in [0.15, 0.2) is 24.4 Å². The first-order valence-electron chi connectivity index (χ1n) is 6.97. The van der Waals surface area contributed by atoms with Crippen molar-refractivity contribution in [2.24, 2.45) is 5.41 Å². The Hall–Kier alpha value is -2.37. The molecule has 0 saturated heterocycles. The zero-order valence-corrected chi connectivity index (χ0v) is 12.1. The molecule has 112 valence electrons. The third-order valence-electron chi connectivity index (χ3n) is 4.10. The van der Waals surface area contributed by atoms with Gasteiger partial charge in [-0.1, -0.05) is 13.8 Å². The minimum absolute atomic E-state index is 0.123. The highest BCUT2D eigenvalue weighted by molar-refractivity contribution is 5.98. The van der Waals surface area contributed by atoms with E-state index in [0.29, 0.717) is 18.4 Å². The van der Waals surface area contributed by atoms with Gasteiger partial charge in [-0.15, -0.1) is 0 Å². The molecule has 0 spiro atoms. The van der Waals surface area contributed by atoms with Crippen LogP contribution in [-0.2, 0) is 4.79 Å². The highest BCUT2D eigenvalue weighted by Crippen LogP contribution is 2.25. The fourth-order valence-electron chi connectivity index (χ4n) is 2.31. The first-order chi connectivity index (χ1) is 10.0. The van der Waals surface area contributed by atoms with Crippen LogP contribution in [0.2, 0.25) is 0 Å². The lowest BCUT2D eigenvalue weighted by atomic mass is 9.82. The highest BCUT2D eigenvalue weighted by atomic mass is 16.4. The van der Waals surface area contributed by atoms with Gasteiger partial charge in [0.2, 0.25) is 0 Å². The highest BCUT2D eigenvalue weighted by Gasteiger charge is 2.35. The fourth-order valence-corrected chi connectivity index (χ4v) is 2.31. The molecule has 0 aliphatic rings. The molecule has 0 radical (unpaired) electrons. The minimum atomic E-state index is -0.907. The van der Waals surface area contributed by atoms with Crippen molar-refractivity contribution >= 4 is 22.8 Å². The Balaban J connectivity index is 2.12. The molecule has 21 heavy (non-hydrogen) atoms. The number of aromatic nitrogens is 2. The number of carbonyl (C=O) groups is 2. The van der Waals surface area contributed by atoms with Crippen LogP contribution >= 0.6 is 0 Å². The molecule has 1 aromatic heterocycles. The van der Waals surface area contributed by atoms with E-state index in [1.165, 1.54) is 0 Å². The number of H-pyrrole nitrogens is 1. The molecular formula is C15H19N3O3. The van der Waals surface area contributed by atoms with Gasteiger partial charge in [-0.2, -0.15) is 5.10 Å². The Morgan fingerprint density at radius 3 is 2.67 bits per heavy atom. The van der Waals surface area contributed by atoms with Crippen molar-refractivity contribution in [3.8, 4) is 0 Å². The summed E-state index contributed by atoms with van der Waals surface area (Å²) in [6.07, 6.45) is 2.59. The summed E-state index contributed by atoms with van der Waals surface area (Å²) in [6.45, 7) is 3.76. The van der Waals surface area contributed by atoms with Gasteiger partial charge in [0, 0.05) is 17.5 Å². The summed E-state index contributed by atoms with van der Waals surface area (Å²) in [4.78, 5) is 23.6. The summed E-state index contributed by atoms with van der Waals surface area (Å²) in [5.74, 6) is -1.15. The smallest absolute Gasteiger partial charge is 0.311 e. The Morgan fingerprint density at radius 2 is 2.05 bits per heavy atom. The zero-order chi connectivity index (χ0) is 15.5. The molecule has 0 atom stereocenters. The number of carboxylic acids is 1. The summed E-state index contributed by atoms with van der Waals surface area (Å²) in [7, 11) is 0. The molecule has 1 aromatic carbocycles. The van der Waals surface area contributed by atoms with Gasteiger partial charge in [-0.3, -0.25) is 14.7 Å². The average molecular weight is 289 g/mol. The van der Waals surface area contributed by atoms with Gasteiger partial charge in [0.15, 0.2) is 0 Å². The van der Waals surface area contributed by atoms with E-state index in [0.717, 1.165) is 10.9 Å². The summed E-state index contributed by atoms with van der Waals surface area (Å²) in [5, 5.41) is 19.7. The average Bonchev–Trinajstić information content (AvgIpc) is 2.95. The van der Waals surface area contributed by atoms with Crippen LogP contribution in [-0.4, -0.2) is 33.7 Å². The minimum Gasteiger partial charge on any atom is -0.481 e. The van der Waals surface area contributed by atoms with E-state index in [1.807, 2.05) is 13.8 Å². The third-order valence-corrected chi connectivity index (χ3v) is 4.10. The molecule has 0 saturated carbocycles. The molecular weight excluding hydrogens is 270 g/mol. The van der Waals surface area contributed by atoms with Gasteiger partial charge < -0.3 is 10.4 Å². The summed E-state index contributed by atoms with van der Waals surface area (Å²) < 4.78 is 0. The number of amides is 1. The van der Waals surface area contributed by atoms with Gasteiger partial charge in [0.25, 0.3) is 5.91 Å². The van der Waals surface area contributed by atoms with E-state index in [1.54, 1.807) is 24.4 Å². The second-order valence-corrected chi connectivity index (χ2v) is 5.15. The number of carboxylic acid groups (broad SMARTS) is 1. The maximum Gasteiger partial charge on any atom is 0.311 e. The monoisotopic (exact) mass is 289 g/mol. The van der Waals surface area contributed by atoms with E-state index in [9.17, 15) is 14.7 Å². The lowest BCUT2D eigenvalue weighted by Gasteiger charge is -2.26. The van der Waals surface area contributed by atoms with Crippen LogP contribution in [0.4, 0.5) is 0 Å². The molecule has 0 aliphatic heterocycles. The van der Waals surface area contributed by atoms with Crippen LogP contribution < -0.4 is 5.32 Å². The Morgan fingerprint density at radius 1 is 1.33 bits per heavy atom. The first-order valence-corrected chi connectivity index (χ1v) is 6.97. The Labute approximate surface area is 122 Å². The number of aromatic amines is 1. The standard InChI is InChI=1S/C15H19N3O3/c1-3-15(4-2,14(20)21)9-16-13(19)10-5-6-12-11(7-10)8-17-18-12/h5-8H,3-4,9H2,1-2H3,(H,16,19)(H,17,18)(H,20,21). The van der Waals surface area contributed by atoms with Crippen molar-refractivity contribution in [3.05, 3.63) is 30.0 Å². The zero-order valence-electron chi connectivity index (χ0n) is 12.1. The topological polar surface area (TPSA) is 95.1 Å². The number of benzene rings is 1. The number of nitrogens with one attached hydrogen (secondary N) is 2. The van der Waals surface area contributed by atoms with Crippen LogP contribution in [0.25, 0.3) is 10.9 Å². The summed E-state index contributed by atoms with van der Waals surface area (Å²) >= 11 is 0. The molecule has 6 heteroatoms. The van der Waals surface area contributed by atoms with Crippen molar-refractivity contribution in [3.63, 3.8) is 0 Å². The number of hydrogen-bond acceptors (Lipinski definition) is 3. The number of carbonyl (C=O) groups excluding carboxylic acids is 1. The molecule has 0 fully saturated rings. The quantitative estimate of drug-likeness (QED) is 0.759. The number of fused-ring (bicyclic) bond motifs is 1. The third kappa shape index (κ3) is 2.89. The van der Waals surface area contributed by atoms with Gasteiger partial charge >= 0.3 is 5.97 Å². The van der Waals surface area contributed by atoms with E-state index < -0.39 is 11.4 Å². The van der Waals surface area contributed by atoms with Crippen molar-refractivity contribution in [2.45, 2.75) is 26.7 Å². The summed E-state index contributed by atoms with van der Waals surface area (Å²) in [5.41, 5.74) is 0.444. The van der Waals surface area contributed by atoms with E-state index in [4.69, 9.17) is 0 Å². The predicted molar refractivity (Wildman–Crippen MR) is 79.1 cm³/mol. The van der Waals surface area contributed by atoms with Gasteiger partial charge in [0.05, 0.1) is 17.1 Å². The molecule has 0 bridgehead atoms. The van der Waals surface area contributed by atoms with Crippen molar-refractivity contribution < 1.29 is 14.7 Å². The van der Waals surface area contributed by atoms with Crippen LogP contribution in [0, 0.1) is 5.41 Å². The van der Waals surface area contributed by atoms with Crippen LogP contribution in [0.5, 0.6) is 0 Å². The van der Waals surface area contributed by atoms with Gasteiger partial charge in [-0.05, 0) is 31.0 Å². The van der Waals surface area contributed by atoms with Gasteiger partial charge in [-0.25, -0.2) is 0 Å². The van der Waals surface area contributed by atoms with E-state index in [-0.39, 0.29) is 12.5 Å². The maximum atomic E-state index is 12.2. The Kier molecular flexibility index (Phi) is 4.26. The lowest BCUT2D eigenvalue weighted by Crippen LogP contribution is -2.42. The van der Waals surface area contributed by atoms with Gasteiger partial charge in [0.1, 0.15) is 0 Å². The van der Waals surface area contributed by atoms with Crippen molar-refractivity contribution in [2.75, 3.05) is 6.54 Å². The molecule has 1 amide bonds. The predicted octanol–water partition coefficient (Wildman–Crippen LogP) is 2.18. The van der Waals surface area contributed by atoms with Crippen LogP contribution in [0.1, 0.15) is 37.0 Å². The van der Waals surface area contributed by atoms with Crippen molar-refractivity contribution in [1.29, 1.82) is 0 Å². The SMILES string of the molecule is CCC(CC)(CNC(=O)c1ccc2[nH]ncc2c1)C(=O)O. The molecule has 2 aromatic rings. The second kappa shape index (κ2) is 5.95. The molecule has 0 unspecified atom stereocenters. The first kappa shape index (κ1) is 15.0. The lowest BCUT2D eigenvalue weighted by molar-refractivity contribution is -0.149. The number of rotatable bonds is 6. The number of aliphatic carboxylic acids is 1. The molecule has 2 rings (SSSR count). The number of hydrogen-bond donors (Lipinski definition) is 3. The van der Waals surface area contributed by atoms with E-state index >= 15 is 0 Å².